The van der Waals surface area contributed by atoms with Crippen LogP contribution in [0.5, 0.6) is 0 Å². The van der Waals surface area contributed by atoms with E-state index in [0.29, 0.717) is 6.42 Å². The number of hydrogen-bond donors (Lipinski definition) is 0. The molecule has 5 nitrogen and oxygen atoms in total. The Kier molecular flexibility index (Phi) is 3.04. The number of carbonyl (C=O) groups excluding carboxylic acids is 1. The van der Waals surface area contributed by atoms with Crippen LogP contribution in [0.2, 0.25) is 0 Å². The Hall–Kier alpha value is -1.10. The summed E-state index contributed by atoms with van der Waals surface area (Å²) < 4.78 is 9.69. The molecule has 0 fully saturated rings. The highest BCUT2D eigenvalue weighted by Gasteiger charge is 2.50. The van der Waals surface area contributed by atoms with Crippen LogP contribution in [0.4, 0.5) is 0 Å². The molecule has 0 aromatic carbocycles. The van der Waals surface area contributed by atoms with Crippen LogP contribution in [0.25, 0.3) is 0 Å². The smallest absolute Gasteiger partial charge is 0.382 e. The van der Waals surface area contributed by atoms with Gasteiger partial charge < -0.3 is 14.3 Å². The molecule has 1 rings (SSSR count). The van der Waals surface area contributed by atoms with Gasteiger partial charge in [-0.15, -0.1) is 0 Å². The lowest BCUT2D eigenvalue weighted by molar-refractivity contribution is -0.227. The van der Waals surface area contributed by atoms with Crippen LogP contribution in [0.15, 0.2) is 5.16 Å². The number of methoxy groups -OCH3 is 2. The zero-order valence-electron chi connectivity index (χ0n) is 9.79. The van der Waals surface area contributed by atoms with Crippen molar-refractivity contribution in [2.45, 2.75) is 33.0 Å². The van der Waals surface area contributed by atoms with Crippen molar-refractivity contribution in [3.8, 4) is 0 Å². The van der Waals surface area contributed by atoms with Crippen molar-refractivity contribution in [2.24, 2.45) is 10.6 Å². The molecule has 0 N–H and O–H groups in total. The molecule has 1 atom stereocenters. The summed E-state index contributed by atoms with van der Waals surface area (Å²) >= 11 is 0. The molecule has 0 aromatic rings. The fourth-order valence-electron chi connectivity index (χ4n) is 1.27. The van der Waals surface area contributed by atoms with Crippen molar-refractivity contribution in [1.29, 1.82) is 0 Å². The molecule has 0 aromatic heterocycles. The number of esters is 1. The summed E-state index contributed by atoms with van der Waals surface area (Å²) in [5.74, 6) is -1.95. The standard InChI is InChI=1S/C10H17NO4/c1-9(2,3)7-6-10(14-5,15-11-7)8(12)13-4/h6H2,1-5H3. The van der Waals surface area contributed by atoms with Crippen molar-refractivity contribution < 1.29 is 19.1 Å². The average molecular weight is 215 g/mol. The molecule has 1 aliphatic rings. The Morgan fingerprint density at radius 2 is 2.07 bits per heavy atom. The summed E-state index contributed by atoms with van der Waals surface area (Å²) in [6.07, 6.45) is 0.305. The van der Waals surface area contributed by atoms with Crippen LogP contribution < -0.4 is 0 Å². The summed E-state index contributed by atoms with van der Waals surface area (Å²) in [5, 5.41) is 3.89. The largest absolute Gasteiger partial charge is 0.464 e. The maximum atomic E-state index is 11.5. The first-order chi connectivity index (χ1) is 6.85. The van der Waals surface area contributed by atoms with E-state index in [9.17, 15) is 4.79 Å². The highest BCUT2D eigenvalue weighted by molar-refractivity contribution is 5.95. The Morgan fingerprint density at radius 3 is 2.40 bits per heavy atom. The van der Waals surface area contributed by atoms with E-state index in [2.05, 4.69) is 9.89 Å². The molecule has 0 amide bonds. The van der Waals surface area contributed by atoms with Gasteiger partial charge in [0.25, 0.3) is 0 Å². The zero-order valence-corrected chi connectivity index (χ0v) is 9.79. The first-order valence-corrected chi connectivity index (χ1v) is 4.75. The summed E-state index contributed by atoms with van der Waals surface area (Å²) in [4.78, 5) is 16.6. The van der Waals surface area contributed by atoms with Gasteiger partial charge in [0.05, 0.1) is 19.2 Å². The maximum absolute atomic E-state index is 11.5. The number of oxime groups is 1. The molecule has 0 saturated heterocycles. The highest BCUT2D eigenvalue weighted by atomic mass is 16.8. The molecule has 0 aliphatic carbocycles. The van der Waals surface area contributed by atoms with E-state index in [1.54, 1.807) is 0 Å². The van der Waals surface area contributed by atoms with E-state index in [1.807, 2.05) is 20.8 Å². The first kappa shape index (κ1) is 12.0. The highest BCUT2D eigenvalue weighted by Crippen LogP contribution is 2.33. The minimum absolute atomic E-state index is 0.145. The molecule has 1 aliphatic heterocycles. The topological polar surface area (TPSA) is 57.1 Å². The second kappa shape index (κ2) is 3.81. The molecule has 0 radical (unpaired) electrons. The molecule has 1 heterocycles. The molecule has 15 heavy (non-hydrogen) atoms. The molecule has 0 bridgehead atoms. The van der Waals surface area contributed by atoms with Crippen molar-refractivity contribution in [1.82, 2.24) is 0 Å². The fraction of sp³-hybridized carbons (Fsp3) is 0.800. The minimum atomic E-state index is -1.39. The van der Waals surface area contributed by atoms with Crippen molar-refractivity contribution in [3.63, 3.8) is 0 Å². The molecule has 86 valence electrons. The van der Waals surface area contributed by atoms with Crippen molar-refractivity contribution in [2.75, 3.05) is 14.2 Å². The molecular formula is C10H17NO4. The van der Waals surface area contributed by atoms with Gasteiger partial charge in [-0.05, 0) is 0 Å². The van der Waals surface area contributed by atoms with Gasteiger partial charge in [0, 0.05) is 12.5 Å². The van der Waals surface area contributed by atoms with Crippen LogP contribution >= 0.6 is 0 Å². The third-order valence-electron chi connectivity index (χ3n) is 2.40. The molecule has 5 heteroatoms. The van der Waals surface area contributed by atoms with Gasteiger partial charge in [-0.3, -0.25) is 0 Å². The summed E-state index contributed by atoms with van der Waals surface area (Å²) in [7, 11) is 2.69. The predicted molar refractivity (Wildman–Crippen MR) is 54.3 cm³/mol. The van der Waals surface area contributed by atoms with E-state index >= 15 is 0 Å². The van der Waals surface area contributed by atoms with E-state index < -0.39 is 11.8 Å². The van der Waals surface area contributed by atoms with Crippen LogP contribution in [-0.4, -0.2) is 31.7 Å². The van der Waals surface area contributed by atoms with E-state index in [0.717, 1.165) is 5.71 Å². The Bertz CT molecular complexity index is 292. The van der Waals surface area contributed by atoms with E-state index in [4.69, 9.17) is 9.57 Å². The van der Waals surface area contributed by atoms with Crippen LogP contribution in [0, 0.1) is 5.41 Å². The van der Waals surface area contributed by atoms with Gasteiger partial charge in [-0.1, -0.05) is 25.9 Å². The summed E-state index contributed by atoms with van der Waals surface area (Å²) in [6.45, 7) is 5.99. The number of nitrogens with zero attached hydrogens (tertiary/aromatic N) is 1. The lowest BCUT2D eigenvalue weighted by atomic mass is 9.86. The monoisotopic (exact) mass is 215 g/mol. The quantitative estimate of drug-likeness (QED) is 0.652. The SMILES string of the molecule is COC(=O)C1(OC)CC(C(C)(C)C)=NO1. The second-order valence-corrected chi connectivity index (χ2v) is 4.50. The predicted octanol–water partition coefficient (Wildman–Crippen LogP) is 1.32. The normalized spacial score (nSPS) is 25.8. The molecular weight excluding hydrogens is 198 g/mol. The Balaban J connectivity index is 2.83. The number of hydrogen-bond acceptors (Lipinski definition) is 5. The lowest BCUT2D eigenvalue weighted by Gasteiger charge is -2.22. The Labute approximate surface area is 89.4 Å². The van der Waals surface area contributed by atoms with Crippen molar-refractivity contribution in [3.05, 3.63) is 0 Å². The van der Waals surface area contributed by atoms with E-state index in [-0.39, 0.29) is 5.41 Å². The maximum Gasteiger partial charge on any atom is 0.382 e. The number of carbonyl (C=O) groups is 1. The third-order valence-corrected chi connectivity index (χ3v) is 2.40. The third kappa shape index (κ3) is 2.12. The minimum Gasteiger partial charge on any atom is -0.464 e. The fourth-order valence-corrected chi connectivity index (χ4v) is 1.27. The zero-order chi connectivity index (χ0) is 11.7. The Morgan fingerprint density at radius 1 is 1.47 bits per heavy atom. The van der Waals surface area contributed by atoms with Gasteiger partial charge >= 0.3 is 11.8 Å². The first-order valence-electron chi connectivity index (χ1n) is 4.75. The molecule has 0 saturated carbocycles. The lowest BCUT2D eigenvalue weighted by Crippen LogP contribution is -2.42. The van der Waals surface area contributed by atoms with Crippen LogP contribution in [0.1, 0.15) is 27.2 Å². The van der Waals surface area contributed by atoms with Gasteiger partial charge in [-0.2, -0.15) is 0 Å². The van der Waals surface area contributed by atoms with Crippen LogP contribution in [-0.2, 0) is 19.1 Å². The van der Waals surface area contributed by atoms with Gasteiger partial charge in [0.2, 0.25) is 0 Å². The average Bonchev–Trinajstić information content (AvgIpc) is 2.61. The van der Waals surface area contributed by atoms with Crippen LogP contribution in [0.3, 0.4) is 0 Å². The second-order valence-electron chi connectivity index (χ2n) is 4.50. The van der Waals surface area contributed by atoms with Gasteiger partial charge in [0.15, 0.2) is 0 Å². The molecule has 1 unspecified atom stereocenters. The number of ether oxygens (including phenoxy) is 2. The summed E-state index contributed by atoms with van der Waals surface area (Å²) in [5.41, 5.74) is 0.642. The number of rotatable bonds is 2. The van der Waals surface area contributed by atoms with Gasteiger partial charge in [0.1, 0.15) is 0 Å². The molecule has 0 spiro atoms. The van der Waals surface area contributed by atoms with E-state index in [1.165, 1.54) is 14.2 Å². The van der Waals surface area contributed by atoms with Gasteiger partial charge in [-0.25, -0.2) is 4.79 Å². The summed E-state index contributed by atoms with van der Waals surface area (Å²) in [6, 6.07) is 0. The van der Waals surface area contributed by atoms with Crippen molar-refractivity contribution >= 4 is 11.7 Å².